The molecule has 0 saturated heterocycles. The van der Waals surface area contributed by atoms with Crippen LogP contribution in [-0.4, -0.2) is 18.5 Å². The van der Waals surface area contributed by atoms with Crippen molar-refractivity contribution < 1.29 is 18.0 Å². The summed E-state index contributed by atoms with van der Waals surface area (Å²) in [5, 5.41) is 2.16. The normalized spacial score (nSPS) is 14.2. The number of allylic oxidation sites excluding steroid dienone is 3. The number of hydrogen-bond donors (Lipinski definition) is 1. The van der Waals surface area contributed by atoms with Crippen molar-refractivity contribution in [1.29, 1.82) is 0 Å². The molecule has 0 aliphatic carbocycles. The van der Waals surface area contributed by atoms with Gasteiger partial charge in [-0.2, -0.15) is 13.2 Å². The van der Waals surface area contributed by atoms with E-state index >= 15 is 0 Å². The molecule has 0 spiro atoms. The standard InChI is InChI=1S/C10H12F3NO/c1-3-5-8(4-2)14-9(6-7-15)10(11,12)13/h3-5,7,9,14H,1-2,6H2/b8-5+. The molecule has 1 unspecified atom stereocenters. The first-order chi connectivity index (χ1) is 6.95. The molecule has 15 heavy (non-hydrogen) atoms. The average Bonchev–Trinajstić information content (AvgIpc) is 2.14. The van der Waals surface area contributed by atoms with Gasteiger partial charge in [0.2, 0.25) is 0 Å². The average molecular weight is 219 g/mol. The number of alkyl halides is 3. The van der Waals surface area contributed by atoms with Crippen molar-refractivity contribution in [2.24, 2.45) is 0 Å². The zero-order valence-corrected chi connectivity index (χ0v) is 8.05. The van der Waals surface area contributed by atoms with Gasteiger partial charge in [-0.3, -0.25) is 0 Å². The van der Waals surface area contributed by atoms with Crippen LogP contribution >= 0.6 is 0 Å². The first-order valence-electron chi connectivity index (χ1n) is 4.17. The zero-order chi connectivity index (χ0) is 11.9. The highest BCUT2D eigenvalue weighted by molar-refractivity contribution is 5.51. The largest absolute Gasteiger partial charge is 0.408 e. The third-order valence-electron chi connectivity index (χ3n) is 1.59. The maximum atomic E-state index is 12.3. The highest BCUT2D eigenvalue weighted by Crippen LogP contribution is 2.22. The summed E-state index contributed by atoms with van der Waals surface area (Å²) in [4.78, 5) is 10.1. The van der Waals surface area contributed by atoms with Crippen molar-refractivity contribution in [3.8, 4) is 0 Å². The van der Waals surface area contributed by atoms with Crippen molar-refractivity contribution in [3.05, 3.63) is 37.1 Å². The molecule has 0 radical (unpaired) electrons. The van der Waals surface area contributed by atoms with Gasteiger partial charge in [-0.1, -0.05) is 19.2 Å². The van der Waals surface area contributed by atoms with Crippen LogP contribution in [-0.2, 0) is 4.79 Å². The van der Waals surface area contributed by atoms with E-state index < -0.39 is 18.6 Å². The van der Waals surface area contributed by atoms with Gasteiger partial charge < -0.3 is 10.1 Å². The molecule has 0 aliphatic rings. The molecule has 1 atom stereocenters. The van der Waals surface area contributed by atoms with E-state index in [4.69, 9.17) is 0 Å². The third-order valence-corrected chi connectivity index (χ3v) is 1.59. The molecule has 1 N–H and O–H groups in total. The lowest BCUT2D eigenvalue weighted by atomic mass is 10.2. The number of hydrogen-bond acceptors (Lipinski definition) is 2. The summed E-state index contributed by atoms with van der Waals surface area (Å²) in [7, 11) is 0. The van der Waals surface area contributed by atoms with Crippen LogP contribution in [0.15, 0.2) is 37.1 Å². The van der Waals surface area contributed by atoms with Gasteiger partial charge in [0.1, 0.15) is 12.3 Å². The van der Waals surface area contributed by atoms with Crippen LogP contribution in [0.5, 0.6) is 0 Å². The van der Waals surface area contributed by atoms with Gasteiger partial charge in [0, 0.05) is 12.1 Å². The molecule has 0 aromatic carbocycles. The van der Waals surface area contributed by atoms with Crippen LogP contribution in [0.1, 0.15) is 6.42 Å². The van der Waals surface area contributed by atoms with E-state index in [1.54, 1.807) is 0 Å². The fourth-order valence-corrected chi connectivity index (χ4v) is 0.874. The molecular weight excluding hydrogens is 207 g/mol. The van der Waals surface area contributed by atoms with E-state index in [9.17, 15) is 18.0 Å². The van der Waals surface area contributed by atoms with E-state index in [1.165, 1.54) is 18.2 Å². The van der Waals surface area contributed by atoms with Gasteiger partial charge >= 0.3 is 6.18 Å². The topological polar surface area (TPSA) is 29.1 Å². The van der Waals surface area contributed by atoms with Gasteiger partial charge in [0.05, 0.1) is 0 Å². The molecule has 2 nitrogen and oxygen atoms in total. The molecule has 0 fully saturated rings. The second-order valence-corrected chi connectivity index (χ2v) is 2.70. The number of halogens is 3. The SMILES string of the molecule is C=C/C=C(\C=C)NC(CC=O)C(F)(F)F. The molecule has 0 saturated carbocycles. The van der Waals surface area contributed by atoms with Crippen LogP contribution in [0, 0.1) is 0 Å². The molecule has 0 aromatic heterocycles. The first kappa shape index (κ1) is 13.5. The van der Waals surface area contributed by atoms with Gasteiger partial charge in [-0.05, 0) is 12.2 Å². The summed E-state index contributed by atoms with van der Waals surface area (Å²) >= 11 is 0. The molecule has 0 bridgehead atoms. The quantitative estimate of drug-likeness (QED) is 0.548. The van der Waals surface area contributed by atoms with Gasteiger partial charge in [-0.15, -0.1) is 0 Å². The van der Waals surface area contributed by atoms with Gasteiger partial charge in [-0.25, -0.2) is 0 Å². The molecule has 0 aromatic rings. The summed E-state index contributed by atoms with van der Waals surface area (Å²) in [5.41, 5.74) is 0.175. The highest BCUT2D eigenvalue weighted by Gasteiger charge is 2.39. The maximum Gasteiger partial charge on any atom is 0.408 e. The highest BCUT2D eigenvalue weighted by atomic mass is 19.4. The molecule has 0 aliphatic heterocycles. The van der Waals surface area contributed by atoms with Crippen molar-refractivity contribution >= 4 is 6.29 Å². The lowest BCUT2D eigenvalue weighted by Gasteiger charge is -2.20. The Morgan fingerprint density at radius 2 is 2.00 bits per heavy atom. The predicted octanol–water partition coefficient (Wildman–Crippen LogP) is 2.35. The predicted molar refractivity (Wildman–Crippen MR) is 52.1 cm³/mol. The van der Waals surface area contributed by atoms with E-state index in [0.29, 0.717) is 0 Å². The molecule has 0 heterocycles. The number of aldehydes is 1. The van der Waals surface area contributed by atoms with Crippen molar-refractivity contribution in [2.45, 2.75) is 18.6 Å². The van der Waals surface area contributed by atoms with E-state index in [2.05, 4.69) is 18.5 Å². The Hall–Kier alpha value is -1.52. The molecule has 0 amide bonds. The monoisotopic (exact) mass is 219 g/mol. The van der Waals surface area contributed by atoms with Crippen molar-refractivity contribution in [2.75, 3.05) is 0 Å². The smallest absolute Gasteiger partial charge is 0.374 e. The Morgan fingerprint density at radius 3 is 2.33 bits per heavy atom. The number of rotatable bonds is 6. The fourth-order valence-electron chi connectivity index (χ4n) is 0.874. The number of carbonyl (C=O) groups excluding carboxylic acids is 1. The van der Waals surface area contributed by atoms with Gasteiger partial charge in [0.15, 0.2) is 0 Å². The zero-order valence-electron chi connectivity index (χ0n) is 8.05. The summed E-state index contributed by atoms with van der Waals surface area (Å²) < 4.78 is 37.0. The maximum absolute atomic E-state index is 12.3. The van der Waals surface area contributed by atoms with Crippen LogP contribution in [0.25, 0.3) is 0 Å². The van der Waals surface area contributed by atoms with E-state index in [1.807, 2.05) is 0 Å². The summed E-state index contributed by atoms with van der Waals surface area (Å²) in [6.45, 7) is 6.69. The molecule has 0 rings (SSSR count). The molecule has 5 heteroatoms. The number of carbonyl (C=O) groups is 1. The second kappa shape index (κ2) is 6.06. The third kappa shape index (κ3) is 5.05. The van der Waals surface area contributed by atoms with Crippen LogP contribution in [0.2, 0.25) is 0 Å². The minimum absolute atomic E-state index is 0.175. The summed E-state index contributed by atoms with van der Waals surface area (Å²) in [6.07, 6.45) is -0.976. The number of nitrogens with one attached hydrogen (secondary N) is 1. The lowest BCUT2D eigenvalue weighted by molar-refractivity contribution is -0.156. The second-order valence-electron chi connectivity index (χ2n) is 2.70. The summed E-state index contributed by atoms with van der Waals surface area (Å²) in [5.74, 6) is 0. The van der Waals surface area contributed by atoms with Crippen LogP contribution in [0.3, 0.4) is 0 Å². The Labute approximate surface area is 86.2 Å². The molecule has 84 valence electrons. The Morgan fingerprint density at radius 1 is 1.40 bits per heavy atom. The fraction of sp³-hybridized carbons (Fsp3) is 0.300. The van der Waals surface area contributed by atoms with Gasteiger partial charge in [0.25, 0.3) is 0 Å². The lowest BCUT2D eigenvalue weighted by Crippen LogP contribution is -2.41. The Kier molecular flexibility index (Phi) is 5.44. The van der Waals surface area contributed by atoms with Crippen LogP contribution < -0.4 is 5.32 Å². The van der Waals surface area contributed by atoms with Crippen molar-refractivity contribution in [3.63, 3.8) is 0 Å². The molecular formula is C10H12F3NO. The minimum atomic E-state index is -4.47. The van der Waals surface area contributed by atoms with E-state index in [0.717, 1.165) is 0 Å². The Bertz CT molecular complexity index is 268. The van der Waals surface area contributed by atoms with E-state index in [-0.39, 0.29) is 12.0 Å². The minimum Gasteiger partial charge on any atom is -0.374 e. The Balaban J connectivity index is 4.66. The van der Waals surface area contributed by atoms with Crippen LogP contribution in [0.4, 0.5) is 13.2 Å². The summed E-state index contributed by atoms with van der Waals surface area (Å²) in [6, 6.07) is -1.89. The van der Waals surface area contributed by atoms with Crippen molar-refractivity contribution in [1.82, 2.24) is 5.32 Å². The first-order valence-corrected chi connectivity index (χ1v) is 4.17.